The summed E-state index contributed by atoms with van der Waals surface area (Å²) in [4.78, 5) is 44.3. The molecule has 3 fully saturated rings. The fourth-order valence-electron chi connectivity index (χ4n) is 7.91. The molecule has 0 aliphatic carbocycles. The van der Waals surface area contributed by atoms with E-state index in [2.05, 4.69) is 52.2 Å². The van der Waals surface area contributed by atoms with Crippen molar-refractivity contribution in [3.63, 3.8) is 0 Å². The lowest BCUT2D eigenvalue weighted by molar-refractivity contribution is -0.140. The van der Waals surface area contributed by atoms with E-state index >= 15 is 0 Å². The van der Waals surface area contributed by atoms with Gasteiger partial charge in [-0.2, -0.15) is 0 Å². The van der Waals surface area contributed by atoms with Crippen LogP contribution in [0.25, 0.3) is 0 Å². The average Bonchev–Trinajstić information content (AvgIpc) is 3.44. The molecule has 8 nitrogen and oxygen atoms in total. The SMILES string of the molecule is CCOc1ccc(NC(=O)[C@H]2[C@H]3C(=O)N(CCCCCCO)C(C(=O)NC(C)(C)CC(C)(C)C)C34CC[C@]2(C)S4)cc1. The van der Waals surface area contributed by atoms with Gasteiger partial charge < -0.3 is 25.4 Å². The number of hydrogen-bond acceptors (Lipinski definition) is 6. The number of fused-ring (bicyclic) bond motifs is 1. The van der Waals surface area contributed by atoms with Crippen molar-refractivity contribution < 1.29 is 24.2 Å². The molecule has 2 unspecified atom stereocenters. The van der Waals surface area contributed by atoms with Gasteiger partial charge in [0.25, 0.3) is 0 Å². The molecule has 0 aromatic heterocycles. The zero-order valence-corrected chi connectivity index (χ0v) is 27.4. The maximum Gasteiger partial charge on any atom is 0.244 e. The highest BCUT2D eigenvalue weighted by atomic mass is 32.2. The number of carbonyl (C=O) groups excluding carboxylic acids is 3. The molecule has 9 heteroatoms. The molecule has 4 rings (SSSR count). The van der Waals surface area contributed by atoms with Crippen LogP contribution in [0.3, 0.4) is 0 Å². The number of hydrogen-bond donors (Lipinski definition) is 3. The van der Waals surface area contributed by atoms with Crippen molar-refractivity contribution in [1.29, 1.82) is 0 Å². The predicted molar refractivity (Wildman–Crippen MR) is 169 cm³/mol. The monoisotopic (exact) mass is 601 g/mol. The molecule has 3 saturated heterocycles. The Morgan fingerprint density at radius 1 is 1.05 bits per heavy atom. The average molecular weight is 602 g/mol. The highest BCUT2D eigenvalue weighted by Gasteiger charge is 2.77. The van der Waals surface area contributed by atoms with Crippen molar-refractivity contribution in [3.8, 4) is 5.75 Å². The van der Waals surface area contributed by atoms with Crippen LogP contribution in [0, 0.1) is 17.3 Å². The number of ether oxygens (including phenoxy) is 1. The minimum atomic E-state index is -0.639. The van der Waals surface area contributed by atoms with Gasteiger partial charge in [-0.25, -0.2) is 0 Å². The summed E-state index contributed by atoms with van der Waals surface area (Å²) in [5, 5.41) is 15.6. The Hall–Kier alpha value is -2.26. The van der Waals surface area contributed by atoms with Crippen LogP contribution in [-0.2, 0) is 14.4 Å². The lowest BCUT2D eigenvalue weighted by atomic mass is 9.66. The molecule has 3 aliphatic rings. The number of anilines is 1. The molecule has 42 heavy (non-hydrogen) atoms. The number of unbranched alkanes of at least 4 members (excludes halogenated alkanes) is 3. The predicted octanol–water partition coefficient (Wildman–Crippen LogP) is 5.39. The third-order valence-electron chi connectivity index (χ3n) is 8.98. The van der Waals surface area contributed by atoms with Gasteiger partial charge in [0, 0.05) is 29.1 Å². The number of aliphatic hydroxyl groups is 1. The van der Waals surface area contributed by atoms with Gasteiger partial charge in [-0.1, -0.05) is 33.6 Å². The van der Waals surface area contributed by atoms with Crippen LogP contribution < -0.4 is 15.4 Å². The molecule has 3 heterocycles. The molecule has 2 bridgehead atoms. The summed E-state index contributed by atoms with van der Waals surface area (Å²) in [6.45, 7) is 15.8. The third-order valence-corrected chi connectivity index (χ3v) is 11.0. The summed E-state index contributed by atoms with van der Waals surface area (Å²) < 4.78 is 4.47. The summed E-state index contributed by atoms with van der Waals surface area (Å²) in [6.07, 6.45) is 5.55. The van der Waals surface area contributed by atoms with Crippen molar-refractivity contribution in [1.82, 2.24) is 10.2 Å². The Morgan fingerprint density at radius 3 is 2.33 bits per heavy atom. The van der Waals surface area contributed by atoms with E-state index in [0.717, 1.165) is 50.7 Å². The summed E-state index contributed by atoms with van der Waals surface area (Å²) in [7, 11) is 0. The Kier molecular flexibility index (Phi) is 9.63. The molecule has 1 spiro atoms. The Bertz CT molecular complexity index is 1150. The van der Waals surface area contributed by atoms with Crippen molar-refractivity contribution in [2.75, 3.05) is 25.1 Å². The van der Waals surface area contributed by atoms with Gasteiger partial charge >= 0.3 is 0 Å². The number of benzene rings is 1. The zero-order valence-electron chi connectivity index (χ0n) is 26.5. The molecule has 3 aliphatic heterocycles. The second kappa shape index (κ2) is 12.4. The summed E-state index contributed by atoms with van der Waals surface area (Å²) >= 11 is 1.70. The molecule has 0 radical (unpaired) electrons. The number of thioether (sulfide) groups is 1. The first-order valence-electron chi connectivity index (χ1n) is 15.6. The van der Waals surface area contributed by atoms with E-state index in [1.54, 1.807) is 16.7 Å². The quantitative estimate of drug-likeness (QED) is 0.262. The number of rotatable bonds is 13. The van der Waals surface area contributed by atoms with Crippen molar-refractivity contribution in [3.05, 3.63) is 24.3 Å². The van der Waals surface area contributed by atoms with Gasteiger partial charge in [-0.05, 0) is 89.5 Å². The van der Waals surface area contributed by atoms with E-state index in [-0.39, 0.29) is 29.7 Å². The fourth-order valence-corrected chi connectivity index (χ4v) is 10.3. The maximum absolute atomic E-state index is 14.3. The van der Waals surface area contributed by atoms with Crippen LogP contribution in [0.1, 0.15) is 93.4 Å². The molecule has 3 N–H and O–H groups in total. The fraction of sp³-hybridized carbons (Fsp3) is 0.727. The molecule has 1 aromatic carbocycles. The smallest absolute Gasteiger partial charge is 0.244 e. The van der Waals surface area contributed by atoms with Gasteiger partial charge in [-0.3, -0.25) is 14.4 Å². The number of amides is 3. The minimum absolute atomic E-state index is 0.0214. The van der Waals surface area contributed by atoms with E-state index in [1.165, 1.54) is 0 Å². The molecule has 1 aromatic rings. The van der Waals surface area contributed by atoms with Crippen molar-refractivity contribution in [2.24, 2.45) is 17.3 Å². The summed E-state index contributed by atoms with van der Waals surface area (Å²) in [5.41, 5.74) is 0.238. The van der Waals surface area contributed by atoms with Gasteiger partial charge in [0.1, 0.15) is 11.8 Å². The van der Waals surface area contributed by atoms with Crippen LogP contribution in [0.15, 0.2) is 24.3 Å². The van der Waals surface area contributed by atoms with Crippen LogP contribution in [0.2, 0.25) is 0 Å². The summed E-state index contributed by atoms with van der Waals surface area (Å²) in [6, 6.07) is 6.68. The first-order valence-corrected chi connectivity index (χ1v) is 16.5. The molecule has 3 amide bonds. The number of nitrogens with zero attached hydrogens (tertiary/aromatic N) is 1. The second-order valence-corrected chi connectivity index (χ2v) is 16.4. The van der Waals surface area contributed by atoms with Crippen LogP contribution in [0.5, 0.6) is 5.75 Å². The molecule has 0 saturated carbocycles. The normalized spacial score (nSPS) is 28.6. The number of likely N-dealkylation sites (tertiary alicyclic amines) is 1. The van der Waals surface area contributed by atoms with Crippen molar-refractivity contribution in [2.45, 2.75) is 114 Å². The third kappa shape index (κ3) is 6.62. The molecule has 5 atom stereocenters. The standard InChI is InChI=1S/C33H51N3O5S/c1-8-41-23-15-13-22(14-16-23)34-27(38)24-25-29(40)36(19-11-9-10-12-20-37)26(33(25)18-17-32(24,7)42-33)28(39)35-31(5,6)21-30(2,3)4/h13-16,24-26,37H,8-12,17-21H2,1-7H3,(H,34,38)(H,35,39)/t24-,25+,26?,32+,33?/m1/s1. The Balaban J connectivity index is 1.62. The Labute approximate surface area is 256 Å². The van der Waals surface area contributed by atoms with Crippen LogP contribution in [-0.4, -0.2) is 68.6 Å². The van der Waals surface area contributed by atoms with E-state index in [0.29, 0.717) is 18.8 Å². The van der Waals surface area contributed by atoms with Gasteiger partial charge in [-0.15, -0.1) is 11.8 Å². The van der Waals surface area contributed by atoms with Crippen molar-refractivity contribution >= 4 is 35.2 Å². The zero-order chi connectivity index (χ0) is 30.9. The largest absolute Gasteiger partial charge is 0.494 e. The molecular formula is C33H51N3O5S. The van der Waals surface area contributed by atoms with Crippen LogP contribution in [0.4, 0.5) is 5.69 Å². The second-order valence-electron chi connectivity index (χ2n) is 14.5. The van der Waals surface area contributed by atoms with Gasteiger partial charge in [0.05, 0.1) is 23.2 Å². The van der Waals surface area contributed by atoms with E-state index < -0.39 is 32.9 Å². The lowest BCUT2D eigenvalue weighted by Gasteiger charge is -2.38. The number of aliphatic hydroxyl groups excluding tert-OH is 1. The highest BCUT2D eigenvalue weighted by molar-refractivity contribution is 8.02. The molecular weight excluding hydrogens is 550 g/mol. The number of nitrogens with one attached hydrogen (secondary N) is 2. The topological polar surface area (TPSA) is 108 Å². The van der Waals surface area contributed by atoms with E-state index in [9.17, 15) is 19.5 Å². The van der Waals surface area contributed by atoms with Crippen LogP contribution >= 0.6 is 11.8 Å². The lowest BCUT2D eigenvalue weighted by Crippen LogP contribution is -2.58. The minimum Gasteiger partial charge on any atom is -0.494 e. The molecule has 234 valence electrons. The van der Waals surface area contributed by atoms with Gasteiger partial charge in [0.2, 0.25) is 17.7 Å². The Morgan fingerprint density at radius 2 is 1.71 bits per heavy atom. The maximum atomic E-state index is 14.3. The van der Waals surface area contributed by atoms with Gasteiger partial charge in [0.15, 0.2) is 0 Å². The first kappa shape index (κ1) is 32.6. The van der Waals surface area contributed by atoms with E-state index in [4.69, 9.17) is 4.74 Å². The summed E-state index contributed by atoms with van der Waals surface area (Å²) in [5.74, 6) is -0.698. The van der Waals surface area contributed by atoms with E-state index in [1.807, 2.05) is 31.2 Å². The number of carbonyl (C=O) groups is 3. The highest BCUT2D eigenvalue weighted by Crippen LogP contribution is 2.71. The first-order chi connectivity index (χ1) is 19.7.